The van der Waals surface area contributed by atoms with Crippen molar-refractivity contribution in [2.24, 2.45) is 5.92 Å². The molecule has 2 aromatic rings. The molecule has 0 saturated heterocycles. The van der Waals surface area contributed by atoms with Crippen molar-refractivity contribution in [1.82, 2.24) is 0 Å². The Bertz CT molecular complexity index is 800. The molecule has 1 fully saturated rings. The Morgan fingerprint density at radius 1 is 0.900 bits per heavy atom. The van der Waals surface area contributed by atoms with Gasteiger partial charge in [-0.2, -0.15) is 0 Å². The number of carbonyl (C=O) groups is 1. The van der Waals surface area contributed by atoms with Crippen LogP contribution in [0.4, 0.5) is 4.39 Å². The van der Waals surface area contributed by atoms with Gasteiger partial charge in [0.05, 0.1) is 0 Å². The van der Waals surface area contributed by atoms with Crippen LogP contribution in [0.1, 0.15) is 106 Å². The summed E-state index contributed by atoms with van der Waals surface area (Å²) in [6.45, 7) is 3.82. The molecule has 0 aliphatic heterocycles. The number of unbranched alkanes of at least 4 members (excludes halogenated alkanes) is 5. The molecule has 0 atom stereocenters. The predicted octanol–water partition coefficient (Wildman–Crippen LogP) is 8.72. The third-order valence-corrected chi connectivity index (χ3v) is 6.88. The molecule has 30 heavy (non-hydrogen) atoms. The fourth-order valence-electron chi connectivity index (χ4n) is 4.90. The number of rotatable bonds is 10. The van der Waals surface area contributed by atoms with Crippen molar-refractivity contribution in [1.29, 1.82) is 0 Å². The molecule has 162 valence electrons. The van der Waals surface area contributed by atoms with Crippen molar-refractivity contribution in [3.8, 4) is 11.1 Å². The normalized spacial score (nSPS) is 19.0. The first-order valence-corrected chi connectivity index (χ1v) is 12.0. The highest BCUT2D eigenvalue weighted by atomic mass is 19.1. The largest absolute Gasteiger partial charge is 0.295 e. The second-order valence-electron chi connectivity index (χ2n) is 9.15. The maximum absolute atomic E-state index is 14.9. The average molecular weight is 409 g/mol. The van der Waals surface area contributed by atoms with E-state index >= 15 is 0 Å². The van der Waals surface area contributed by atoms with Crippen LogP contribution >= 0.6 is 0 Å². The molecular weight excluding hydrogens is 371 g/mol. The van der Waals surface area contributed by atoms with Gasteiger partial charge in [-0.25, -0.2) is 4.39 Å². The van der Waals surface area contributed by atoms with E-state index in [2.05, 4.69) is 13.0 Å². The summed E-state index contributed by atoms with van der Waals surface area (Å²) in [5.74, 6) is 1.24. The summed E-state index contributed by atoms with van der Waals surface area (Å²) in [5, 5.41) is 0. The van der Waals surface area contributed by atoms with Crippen LogP contribution in [-0.4, -0.2) is 5.78 Å². The molecule has 0 unspecified atom stereocenters. The highest BCUT2D eigenvalue weighted by molar-refractivity contribution is 5.94. The standard InChI is InChI=1S/C28H37FO/c1-3-4-5-6-7-8-9-22-10-12-24(13-11-22)26-18-19-27(28(29)20-26)25-16-14-23(15-17-25)21(2)30/h14-20,22,24H,3-13H2,1-2H3/t22-,24-. The van der Waals surface area contributed by atoms with Crippen molar-refractivity contribution in [2.45, 2.75) is 90.4 Å². The Kier molecular flexibility index (Phi) is 8.66. The molecule has 3 rings (SSSR count). The molecule has 0 spiro atoms. The molecule has 2 heteroatoms. The number of Topliss-reactive ketones (excluding diaryl/α,β-unsaturated/α-hetero) is 1. The van der Waals surface area contributed by atoms with E-state index in [4.69, 9.17) is 0 Å². The minimum Gasteiger partial charge on any atom is -0.295 e. The van der Waals surface area contributed by atoms with Crippen LogP contribution in [0.25, 0.3) is 11.1 Å². The lowest BCUT2D eigenvalue weighted by atomic mass is 9.77. The zero-order chi connectivity index (χ0) is 21.3. The topological polar surface area (TPSA) is 17.1 Å². The summed E-state index contributed by atoms with van der Waals surface area (Å²) in [5.41, 5.74) is 3.25. The van der Waals surface area contributed by atoms with Crippen LogP contribution in [-0.2, 0) is 0 Å². The van der Waals surface area contributed by atoms with Gasteiger partial charge in [0.1, 0.15) is 5.82 Å². The molecule has 0 bridgehead atoms. The Morgan fingerprint density at radius 3 is 2.20 bits per heavy atom. The van der Waals surface area contributed by atoms with E-state index in [0.717, 1.165) is 17.0 Å². The number of carbonyl (C=O) groups excluding carboxylic acids is 1. The minimum atomic E-state index is -0.155. The van der Waals surface area contributed by atoms with Gasteiger partial charge in [0.2, 0.25) is 0 Å². The summed E-state index contributed by atoms with van der Waals surface area (Å²) in [7, 11) is 0. The number of ketones is 1. The number of benzene rings is 2. The van der Waals surface area contributed by atoms with E-state index in [1.807, 2.05) is 18.2 Å². The van der Waals surface area contributed by atoms with Crippen molar-refractivity contribution in [3.05, 3.63) is 59.4 Å². The van der Waals surface area contributed by atoms with Gasteiger partial charge in [-0.15, -0.1) is 0 Å². The lowest BCUT2D eigenvalue weighted by Gasteiger charge is -2.29. The first kappa shape index (κ1) is 22.7. The van der Waals surface area contributed by atoms with E-state index in [1.54, 1.807) is 25.1 Å². The smallest absolute Gasteiger partial charge is 0.159 e. The van der Waals surface area contributed by atoms with E-state index in [0.29, 0.717) is 17.0 Å². The van der Waals surface area contributed by atoms with Gasteiger partial charge in [-0.1, -0.05) is 88.3 Å². The lowest BCUT2D eigenvalue weighted by molar-refractivity contribution is 0.101. The van der Waals surface area contributed by atoms with Crippen LogP contribution in [0.5, 0.6) is 0 Å². The van der Waals surface area contributed by atoms with Gasteiger partial charge < -0.3 is 0 Å². The third-order valence-electron chi connectivity index (χ3n) is 6.88. The Morgan fingerprint density at radius 2 is 1.57 bits per heavy atom. The molecule has 1 aliphatic rings. The highest BCUT2D eigenvalue weighted by Crippen LogP contribution is 2.39. The first-order chi connectivity index (χ1) is 14.6. The molecule has 0 heterocycles. The Hall–Kier alpha value is -1.96. The maximum Gasteiger partial charge on any atom is 0.159 e. The fourth-order valence-corrected chi connectivity index (χ4v) is 4.90. The lowest BCUT2D eigenvalue weighted by Crippen LogP contribution is -2.13. The second-order valence-corrected chi connectivity index (χ2v) is 9.15. The first-order valence-electron chi connectivity index (χ1n) is 12.0. The van der Waals surface area contributed by atoms with Crippen molar-refractivity contribution in [3.63, 3.8) is 0 Å². The Balaban J connectivity index is 1.50. The maximum atomic E-state index is 14.9. The van der Waals surface area contributed by atoms with E-state index in [9.17, 15) is 9.18 Å². The van der Waals surface area contributed by atoms with Crippen molar-refractivity contribution >= 4 is 5.78 Å². The van der Waals surface area contributed by atoms with E-state index < -0.39 is 0 Å². The highest BCUT2D eigenvalue weighted by Gasteiger charge is 2.23. The van der Waals surface area contributed by atoms with Gasteiger partial charge in [-0.05, 0) is 61.6 Å². The molecule has 1 nitrogen and oxygen atoms in total. The SMILES string of the molecule is CCCCCCCC[C@H]1CC[C@H](c2ccc(-c3ccc(C(C)=O)cc3)c(F)c2)CC1. The fraction of sp³-hybridized carbons (Fsp3) is 0.536. The zero-order valence-corrected chi connectivity index (χ0v) is 18.8. The number of hydrogen-bond acceptors (Lipinski definition) is 1. The Labute approximate surface area is 182 Å². The van der Waals surface area contributed by atoms with Crippen LogP contribution < -0.4 is 0 Å². The third kappa shape index (κ3) is 6.27. The zero-order valence-electron chi connectivity index (χ0n) is 18.8. The monoisotopic (exact) mass is 408 g/mol. The molecule has 0 amide bonds. The van der Waals surface area contributed by atoms with Gasteiger partial charge in [-0.3, -0.25) is 4.79 Å². The average Bonchev–Trinajstić information content (AvgIpc) is 2.76. The summed E-state index contributed by atoms with van der Waals surface area (Å²) in [6.07, 6.45) is 14.6. The summed E-state index contributed by atoms with van der Waals surface area (Å²) < 4.78 is 14.9. The molecular formula is C28H37FO. The van der Waals surface area contributed by atoms with Gasteiger partial charge in [0, 0.05) is 11.1 Å². The van der Waals surface area contributed by atoms with Crippen LogP contribution in [0, 0.1) is 11.7 Å². The molecule has 0 aromatic heterocycles. The molecule has 1 saturated carbocycles. The molecule has 0 radical (unpaired) electrons. The van der Waals surface area contributed by atoms with Gasteiger partial charge >= 0.3 is 0 Å². The van der Waals surface area contributed by atoms with Gasteiger partial charge in [0.15, 0.2) is 5.78 Å². The van der Waals surface area contributed by atoms with Crippen LogP contribution in [0.3, 0.4) is 0 Å². The second kappa shape index (κ2) is 11.4. The van der Waals surface area contributed by atoms with Crippen LogP contribution in [0.15, 0.2) is 42.5 Å². The van der Waals surface area contributed by atoms with E-state index in [-0.39, 0.29) is 11.6 Å². The molecule has 0 N–H and O–H groups in total. The number of halogens is 1. The molecule has 2 aromatic carbocycles. The predicted molar refractivity (Wildman–Crippen MR) is 125 cm³/mol. The summed E-state index contributed by atoms with van der Waals surface area (Å²) in [4.78, 5) is 11.4. The summed E-state index contributed by atoms with van der Waals surface area (Å²) in [6, 6.07) is 13.0. The van der Waals surface area contributed by atoms with Crippen molar-refractivity contribution in [2.75, 3.05) is 0 Å². The van der Waals surface area contributed by atoms with Gasteiger partial charge in [0.25, 0.3) is 0 Å². The minimum absolute atomic E-state index is 0.0319. The number of hydrogen-bond donors (Lipinski definition) is 0. The van der Waals surface area contributed by atoms with E-state index in [1.165, 1.54) is 70.6 Å². The van der Waals surface area contributed by atoms with Crippen molar-refractivity contribution < 1.29 is 9.18 Å². The molecule has 1 aliphatic carbocycles. The summed E-state index contributed by atoms with van der Waals surface area (Å²) >= 11 is 0. The quantitative estimate of drug-likeness (QED) is 0.284. The van der Waals surface area contributed by atoms with Crippen LogP contribution in [0.2, 0.25) is 0 Å².